The molecule has 6 aliphatic rings. The molecule has 0 spiro atoms. The number of hydrogen-bond acceptors (Lipinski definition) is 15. The molecule has 0 aromatic heterocycles. The van der Waals surface area contributed by atoms with E-state index in [-0.39, 0.29) is 47.7 Å². The smallest absolute Gasteiger partial charge is 0.338 e. The van der Waals surface area contributed by atoms with Crippen LogP contribution in [0.15, 0.2) is 35.9 Å². The number of allylic oxidation sites excluding steroid dienone is 1. The SMILES string of the molecule is COCCNC[C@H](C)CCC[C@@H](C)[C@H]1[C@@H](O[C@@H]2OC[C@H](O)[C@H](O[C@@H]3OC[C@@H](O)[C@H](O)[C@H]3OC(=O)c3ccc(OC)cc3)[C@H]2OC(C)=O)CC2C3CC=C4C[C@@H](O)CC[C@]4(C)C3CC[C@@]21C. The van der Waals surface area contributed by atoms with E-state index >= 15 is 0 Å². The van der Waals surface area contributed by atoms with E-state index in [1.807, 2.05) is 0 Å². The molecule has 18 atom stereocenters. The van der Waals surface area contributed by atoms with Crippen LogP contribution in [0.3, 0.4) is 0 Å². The van der Waals surface area contributed by atoms with Crippen molar-refractivity contribution in [2.24, 2.45) is 46.3 Å². The predicted molar refractivity (Wildman–Crippen MR) is 239 cm³/mol. The number of benzene rings is 1. The summed E-state index contributed by atoms with van der Waals surface area (Å²) in [5.74, 6) is 1.38. The van der Waals surface area contributed by atoms with Crippen molar-refractivity contribution in [3.63, 3.8) is 0 Å². The summed E-state index contributed by atoms with van der Waals surface area (Å²) in [6, 6.07) is 6.20. The highest BCUT2D eigenvalue weighted by Gasteiger charge is 2.63. The number of ether oxygens (including phenoxy) is 8. The summed E-state index contributed by atoms with van der Waals surface area (Å²) in [7, 11) is 3.22. The van der Waals surface area contributed by atoms with Crippen LogP contribution < -0.4 is 10.1 Å². The fraction of sp³-hybridized carbons (Fsp3) is 0.800. The predicted octanol–water partition coefficient (Wildman–Crippen LogP) is 4.95. The van der Waals surface area contributed by atoms with Gasteiger partial charge in [0.05, 0.1) is 44.7 Å². The standard InChI is InChI=1S/C50H77NO14/c1-28(25-51-21-22-58-6)9-8-10-29(2)41-40(24-37-35-16-13-32-23-33(53)17-19-49(32,4)36(35)18-20-50(37,41)5)63-48-45(62-30(3)52)43(39(55)27-61-48)65-47-44(42(56)38(54)26-60-47)64-46(57)31-11-14-34(59-7)15-12-31/h11-15,28-29,33,35-45,47-48,51,53-56H,8-10,16-27H2,1-7H3/t28-,29-,33+,35?,36?,37?,38-,39+,40+,41+,42+,43+,44-,45-,47+,48+,49+,50+/m1/s1. The van der Waals surface area contributed by atoms with Crippen molar-refractivity contribution in [2.45, 2.75) is 160 Å². The Morgan fingerprint density at radius 1 is 0.877 bits per heavy atom. The zero-order valence-corrected chi connectivity index (χ0v) is 39.6. The molecule has 7 rings (SSSR count). The van der Waals surface area contributed by atoms with Gasteiger partial charge in [0.2, 0.25) is 0 Å². The van der Waals surface area contributed by atoms with Gasteiger partial charge in [-0.25, -0.2) is 4.79 Å². The van der Waals surface area contributed by atoms with Crippen LogP contribution in [0.1, 0.15) is 109 Å². The first-order chi connectivity index (χ1) is 31.1. The van der Waals surface area contributed by atoms with E-state index in [2.05, 4.69) is 39.1 Å². The molecule has 4 aliphatic carbocycles. The van der Waals surface area contributed by atoms with Crippen molar-refractivity contribution in [1.29, 1.82) is 0 Å². The third kappa shape index (κ3) is 11.0. The number of aliphatic hydroxyl groups is 4. The van der Waals surface area contributed by atoms with Gasteiger partial charge in [0.1, 0.15) is 30.2 Å². The molecular weight excluding hydrogens is 839 g/mol. The lowest BCUT2D eigenvalue weighted by molar-refractivity contribution is -0.340. The topological polar surface area (TPSA) is 201 Å². The number of fused-ring (bicyclic) bond motifs is 5. The number of esters is 2. The number of aliphatic hydroxyl groups excluding tert-OH is 4. The molecule has 2 saturated heterocycles. The second-order valence-electron chi connectivity index (χ2n) is 20.6. The molecule has 2 heterocycles. The van der Waals surface area contributed by atoms with E-state index < -0.39 is 61.1 Å². The van der Waals surface area contributed by atoms with Crippen molar-refractivity contribution in [3.05, 3.63) is 41.5 Å². The van der Waals surface area contributed by atoms with Gasteiger partial charge in [-0.1, -0.05) is 52.2 Å². The summed E-state index contributed by atoms with van der Waals surface area (Å²) in [6.07, 6.45) is 0.667. The molecule has 366 valence electrons. The minimum atomic E-state index is -1.60. The summed E-state index contributed by atoms with van der Waals surface area (Å²) >= 11 is 0. The van der Waals surface area contributed by atoms with Gasteiger partial charge in [0.15, 0.2) is 24.8 Å². The van der Waals surface area contributed by atoms with Gasteiger partial charge < -0.3 is 63.6 Å². The average molecular weight is 916 g/mol. The van der Waals surface area contributed by atoms with Crippen LogP contribution in [-0.2, 0) is 38.0 Å². The molecule has 0 amide bonds. The van der Waals surface area contributed by atoms with Gasteiger partial charge in [-0.3, -0.25) is 4.79 Å². The second-order valence-corrected chi connectivity index (χ2v) is 20.6. The minimum absolute atomic E-state index is 0.0383. The summed E-state index contributed by atoms with van der Waals surface area (Å²) in [5, 5.41) is 47.4. The monoisotopic (exact) mass is 916 g/mol. The van der Waals surface area contributed by atoms with Crippen molar-refractivity contribution in [3.8, 4) is 5.75 Å². The first-order valence-corrected chi connectivity index (χ1v) is 24.3. The molecule has 5 N–H and O–H groups in total. The van der Waals surface area contributed by atoms with E-state index in [1.165, 1.54) is 31.7 Å². The highest BCUT2D eigenvalue weighted by atomic mass is 16.7. The van der Waals surface area contributed by atoms with E-state index in [4.69, 9.17) is 37.9 Å². The maximum Gasteiger partial charge on any atom is 0.338 e. The number of carbonyl (C=O) groups excluding carboxylic acids is 2. The zero-order valence-electron chi connectivity index (χ0n) is 39.6. The molecule has 0 bridgehead atoms. The minimum Gasteiger partial charge on any atom is -0.497 e. The van der Waals surface area contributed by atoms with Crippen LogP contribution in [0, 0.1) is 46.3 Å². The van der Waals surface area contributed by atoms with E-state index in [0.29, 0.717) is 41.9 Å². The van der Waals surface area contributed by atoms with Crippen LogP contribution in [0.2, 0.25) is 0 Å². The molecule has 15 nitrogen and oxygen atoms in total. The van der Waals surface area contributed by atoms with Crippen LogP contribution in [-0.4, -0.2) is 141 Å². The molecule has 0 radical (unpaired) electrons. The van der Waals surface area contributed by atoms with Gasteiger partial charge in [-0.2, -0.15) is 0 Å². The highest BCUT2D eigenvalue weighted by molar-refractivity contribution is 5.89. The summed E-state index contributed by atoms with van der Waals surface area (Å²) < 4.78 is 47.8. The van der Waals surface area contributed by atoms with Crippen molar-refractivity contribution >= 4 is 11.9 Å². The highest BCUT2D eigenvalue weighted by Crippen LogP contribution is 2.68. The first-order valence-electron chi connectivity index (χ1n) is 24.3. The van der Waals surface area contributed by atoms with E-state index in [1.54, 1.807) is 19.2 Å². The van der Waals surface area contributed by atoms with Crippen LogP contribution in [0.25, 0.3) is 0 Å². The molecule has 65 heavy (non-hydrogen) atoms. The lowest BCUT2D eigenvalue weighted by Crippen LogP contribution is -2.62. The third-order valence-electron chi connectivity index (χ3n) is 16.4. The summed E-state index contributed by atoms with van der Waals surface area (Å²) in [6.45, 7) is 12.7. The number of hydrogen-bond donors (Lipinski definition) is 5. The average Bonchev–Trinajstić information content (AvgIpc) is 3.58. The lowest BCUT2D eigenvalue weighted by atomic mass is 9.47. The molecule has 3 saturated carbocycles. The van der Waals surface area contributed by atoms with Gasteiger partial charge in [0, 0.05) is 20.6 Å². The number of nitrogens with one attached hydrogen (secondary N) is 1. The Morgan fingerprint density at radius 2 is 1.60 bits per heavy atom. The Balaban J connectivity index is 1.12. The normalized spacial score (nSPS) is 40.1. The van der Waals surface area contributed by atoms with Gasteiger partial charge in [-0.05, 0) is 129 Å². The maximum atomic E-state index is 13.3. The maximum absolute atomic E-state index is 13.3. The molecule has 3 unspecified atom stereocenters. The molecule has 1 aromatic carbocycles. The third-order valence-corrected chi connectivity index (χ3v) is 16.4. The number of methoxy groups -OCH3 is 2. The Morgan fingerprint density at radius 3 is 2.31 bits per heavy atom. The van der Waals surface area contributed by atoms with Crippen molar-refractivity contribution in [1.82, 2.24) is 5.32 Å². The van der Waals surface area contributed by atoms with Crippen molar-refractivity contribution < 1.29 is 67.9 Å². The molecule has 5 fully saturated rings. The fourth-order valence-corrected chi connectivity index (χ4v) is 13.0. The van der Waals surface area contributed by atoms with Gasteiger partial charge >= 0.3 is 11.9 Å². The second kappa shape index (κ2) is 21.7. The van der Waals surface area contributed by atoms with E-state index in [0.717, 1.165) is 77.3 Å². The van der Waals surface area contributed by atoms with E-state index in [9.17, 15) is 30.0 Å². The van der Waals surface area contributed by atoms with Crippen LogP contribution >= 0.6 is 0 Å². The lowest BCUT2D eigenvalue weighted by Gasteiger charge is -2.58. The molecule has 15 heteroatoms. The van der Waals surface area contributed by atoms with Crippen molar-refractivity contribution in [2.75, 3.05) is 47.1 Å². The van der Waals surface area contributed by atoms with Crippen LogP contribution in [0.5, 0.6) is 5.75 Å². The molecule has 2 aliphatic heterocycles. The Labute approximate surface area is 385 Å². The largest absolute Gasteiger partial charge is 0.497 e. The number of carbonyl (C=O) groups is 2. The van der Waals surface area contributed by atoms with Gasteiger partial charge in [0.25, 0.3) is 0 Å². The fourth-order valence-electron chi connectivity index (χ4n) is 13.0. The number of rotatable bonds is 18. The van der Waals surface area contributed by atoms with Crippen LogP contribution in [0.4, 0.5) is 0 Å². The molecular formula is C50H77NO14. The Kier molecular flexibility index (Phi) is 16.8. The summed E-state index contributed by atoms with van der Waals surface area (Å²) in [5.41, 5.74) is 1.62. The quantitative estimate of drug-likeness (QED) is 0.0753. The Bertz CT molecular complexity index is 1760. The molecule has 1 aromatic rings. The zero-order chi connectivity index (χ0) is 46.6. The van der Waals surface area contributed by atoms with Gasteiger partial charge in [-0.15, -0.1) is 0 Å². The summed E-state index contributed by atoms with van der Waals surface area (Å²) in [4.78, 5) is 26.2. The Hall–Kier alpha value is -2.70. The first kappa shape index (κ1) is 50.2.